The monoisotopic (exact) mass is 202 g/mol. The molecule has 0 bridgehead atoms. The number of hydrogen-bond acceptors (Lipinski definition) is 4. The van der Waals surface area contributed by atoms with Gasteiger partial charge in [-0.25, -0.2) is 9.97 Å². The molecule has 1 aromatic heterocycles. The van der Waals surface area contributed by atoms with E-state index in [1.165, 1.54) is 19.3 Å². The van der Waals surface area contributed by atoms with Crippen molar-refractivity contribution in [2.45, 2.75) is 26.2 Å². The summed E-state index contributed by atoms with van der Waals surface area (Å²) in [5.74, 6) is 1.58. The van der Waals surface area contributed by atoms with Gasteiger partial charge in [-0.05, 0) is 26.2 Å². The minimum atomic E-state index is 0.461. The molecule has 2 rings (SSSR count). The van der Waals surface area contributed by atoms with Crippen LogP contribution in [-0.2, 0) is 0 Å². The van der Waals surface area contributed by atoms with Crippen LogP contribution in [0.2, 0.25) is 0 Å². The van der Waals surface area contributed by atoms with Gasteiger partial charge >= 0.3 is 0 Å². The van der Waals surface area contributed by atoms with Crippen LogP contribution in [0.1, 0.15) is 30.8 Å². The maximum atomic E-state index is 8.83. The van der Waals surface area contributed by atoms with Crippen molar-refractivity contribution in [1.29, 1.82) is 5.26 Å². The second-order valence-corrected chi connectivity index (χ2v) is 3.82. The summed E-state index contributed by atoms with van der Waals surface area (Å²) in [6, 6.07) is 3.85. The molecule has 78 valence electrons. The zero-order valence-electron chi connectivity index (χ0n) is 8.90. The van der Waals surface area contributed by atoms with Crippen molar-refractivity contribution < 1.29 is 0 Å². The number of hydrogen-bond donors (Lipinski definition) is 0. The minimum absolute atomic E-state index is 0.461. The van der Waals surface area contributed by atoms with E-state index in [9.17, 15) is 0 Å². The Bertz CT molecular complexity index is 388. The van der Waals surface area contributed by atoms with Crippen LogP contribution >= 0.6 is 0 Å². The summed E-state index contributed by atoms with van der Waals surface area (Å²) in [5.41, 5.74) is 0.461. The van der Waals surface area contributed by atoms with Gasteiger partial charge < -0.3 is 4.90 Å². The third-order valence-electron chi connectivity index (χ3n) is 2.62. The smallest absolute Gasteiger partial charge is 0.146 e. The number of aryl methyl sites for hydroxylation is 1. The average Bonchev–Trinajstić information content (AvgIpc) is 2.29. The maximum Gasteiger partial charge on any atom is 0.146 e. The first-order valence-corrected chi connectivity index (χ1v) is 5.30. The molecule has 1 fully saturated rings. The molecule has 1 saturated heterocycles. The predicted octanol–water partition coefficient (Wildman–Crippen LogP) is 1.65. The van der Waals surface area contributed by atoms with Gasteiger partial charge in [-0.2, -0.15) is 5.26 Å². The van der Waals surface area contributed by atoms with Gasteiger partial charge in [-0.3, -0.25) is 0 Å². The van der Waals surface area contributed by atoms with E-state index in [4.69, 9.17) is 5.26 Å². The molecule has 0 N–H and O–H groups in total. The highest BCUT2D eigenvalue weighted by Crippen LogP contribution is 2.17. The summed E-state index contributed by atoms with van der Waals surface area (Å²) in [4.78, 5) is 10.7. The quantitative estimate of drug-likeness (QED) is 0.694. The first-order chi connectivity index (χ1) is 7.29. The first-order valence-electron chi connectivity index (χ1n) is 5.30. The van der Waals surface area contributed by atoms with Gasteiger partial charge in [0.2, 0.25) is 0 Å². The molecule has 0 saturated carbocycles. The molecular weight excluding hydrogens is 188 g/mol. The number of nitriles is 1. The Balaban J connectivity index is 2.27. The van der Waals surface area contributed by atoms with Crippen molar-refractivity contribution in [3.63, 3.8) is 0 Å². The van der Waals surface area contributed by atoms with Gasteiger partial charge in [0.15, 0.2) is 0 Å². The number of rotatable bonds is 1. The topological polar surface area (TPSA) is 52.8 Å². The van der Waals surface area contributed by atoms with E-state index >= 15 is 0 Å². The second-order valence-electron chi connectivity index (χ2n) is 3.82. The molecule has 4 nitrogen and oxygen atoms in total. The first kappa shape index (κ1) is 9.91. The van der Waals surface area contributed by atoms with E-state index in [-0.39, 0.29) is 0 Å². The molecule has 0 aromatic carbocycles. The number of anilines is 1. The van der Waals surface area contributed by atoms with E-state index < -0.39 is 0 Å². The molecule has 4 heteroatoms. The van der Waals surface area contributed by atoms with E-state index in [1.807, 2.05) is 6.92 Å². The van der Waals surface area contributed by atoms with Gasteiger partial charge in [0.05, 0.1) is 0 Å². The van der Waals surface area contributed by atoms with E-state index in [2.05, 4.69) is 20.9 Å². The summed E-state index contributed by atoms with van der Waals surface area (Å²) in [7, 11) is 0. The molecule has 0 unspecified atom stereocenters. The van der Waals surface area contributed by atoms with Gasteiger partial charge in [-0.15, -0.1) is 0 Å². The Morgan fingerprint density at radius 3 is 2.67 bits per heavy atom. The third kappa shape index (κ3) is 2.24. The largest absolute Gasteiger partial charge is 0.356 e. The Morgan fingerprint density at radius 2 is 2.00 bits per heavy atom. The summed E-state index contributed by atoms with van der Waals surface area (Å²) < 4.78 is 0. The molecular formula is C11H14N4. The second kappa shape index (κ2) is 4.26. The van der Waals surface area contributed by atoms with E-state index in [0.717, 1.165) is 18.9 Å². The fourth-order valence-corrected chi connectivity index (χ4v) is 1.89. The zero-order chi connectivity index (χ0) is 10.7. The Hall–Kier alpha value is -1.63. The highest BCUT2D eigenvalue weighted by Gasteiger charge is 2.13. The van der Waals surface area contributed by atoms with E-state index in [0.29, 0.717) is 11.5 Å². The van der Waals surface area contributed by atoms with Crippen LogP contribution in [-0.4, -0.2) is 23.1 Å². The van der Waals surface area contributed by atoms with Crippen molar-refractivity contribution in [2.24, 2.45) is 0 Å². The average molecular weight is 202 g/mol. The van der Waals surface area contributed by atoms with E-state index in [1.54, 1.807) is 6.07 Å². The predicted molar refractivity (Wildman–Crippen MR) is 57.5 cm³/mol. The fraction of sp³-hybridized carbons (Fsp3) is 0.545. The van der Waals surface area contributed by atoms with Gasteiger partial charge in [0.1, 0.15) is 23.4 Å². The van der Waals surface area contributed by atoms with Gasteiger partial charge in [0.25, 0.3) is 0 Å². The van der Waals surface area contributed by atoms with Crippen molar-refractivity contribution in [1.82, 2.24) is 9.97 Å². The number of aromatic nitrogens is 2. The fourth-order valence-electron chi connectivity index (χ4n) is 1.89. The van der Waals surface area contributed by atoms with Crippen LogP contribution in [0, 0.1) is 18.3 Å². The van der Waals surface area contributed by atoms with Crippen molar-refractivity contribution in [3.8, 4) is 6.07 Å². The molecule has 0 radical (unpaired) electrons. The number of nitrogens with zero attached hydrogens (tertiary/aromatic N) is 4. The molecule has 0 spiro atoms. The molecule has 0 amide bonds. The van der Waals surface area contributed by atoms with Gasteiger partial charge in [-0.1, -0.05) is 0 Å². The minimum Gasteiger partial charge on any atom is -0.356 e. The lowest BCUT2D eigenvalue weighted by Gasteiger charge is -2.27. The SMILES string of the molecule is Cc1nc(C#N)cc(N2CCCCC2)n1. The number of piperidine rings is 1. The summed E-state index contributed by atoms with van der Waals surface area (Å²) in [5, 5.41) is 8.83. The lowest BCUT2D eigenvalue weighted by atomic mass is 10.1. The normalized spacial score (nSPS) is 16.1. The van der Waals surface area contributed by atoms with Crippen LogP contribution in [0.5, 0.6) is 0 Å². The van der Waals surface area contributed by atoms with Crippen LogP contribution < -0.4 is 4.90 Å². The highest BCUT2D eigenvalue weighted by atomic mass is 15.2. The van der Waals surface area contributed by atoms with Crippen molar-refractivity contribution in [2.75, 3.05) is 18.0 Å². The lowest BCUT2D eigenvalue weighted by Crippen LogP contribution is -2.30. The van der Waals surface area contributed by atoms with Crippen molar-refractivity contribution >= 4 is 5.82 Å². The van der Waals surface area contributed by atoms with Crippen LogP contribution in [0.15, 0.2) is 6.07 Å². The Morgan fingerprint density at radius 1 is 1.27 bits per heavy atom. The Kier molecular flexibility index (Phi) is 2.82. The van der Waals surface area contributed by atoms with Crippen LogP contribution in [0.4, 0.5) is 5.82 Å². The molecule has 2 heterocycles. The molecule has 0 atom stereocenters. The van der Waals surface area contributed by atoms with Crippen LogP contribution in [0.3, 0.4) is 0 Å². The highest BCUT2D eigenvalue weighted by molar-refractivity contribution is 5.43. The van der Waals surface area contributed by atoms with Crippen LogP contribution in [0.25, 0.3) is 0 Å². The molecule has 15 heavy (non-hydrogen) atoms. The summed E-state index contributed by atoms with van der Waals surface area (Å²) >= 11 is 0. The lowest BCUT2D eigenvalue weighted by molar-refractivity contribution is 0.572. The van der Waals surface area contributed by atoms with Crippen molar-refractivity contribution in [3.05, 3.63) is 17.6 Å². The molecule has 1 aliphatic rings. The summed E-state index contributed by atoms with van der Waals surface area (Å²) in [6.45, 7) is 3.91. The maximum absolute atomic E-state index is 8.83. The molecule has 0 aliphatic carbocycles. The summed E-state index contributed by atoms with van der Waals surface area (Å²) in [6.07, 6.45) is 3.72. The Labute approximate surface area is 89.6 Å². The zero-order valence-corrected chi connectivity index (χ0v) is 8.90. The molecule has 1 aliphatic heterocycles. The third-order valence-corrected chi connectivity index (χ3v) is 2.62. The standard InChI is InChI=1S/C11H14N4/c1-9-13-10(8-12)7-11(14-9)15-5-3-2-4-6-15/h7H,2-6H2,1H3. The molecule has 1 aromatic rings. The van der Waals surface area contributed by atoms with Gasteiger partial charge in [0, 0.05) is 19.2 Å².